The summed E-state index contributed by atoms with van der Waals surface area (Å²) < 4.78 is 0. The summed E-state index contributed by atoms with van der Waals surface area (Å²) in [7, 11) is 0. The van der Waals surface area contributed by atoms with Gasteiger partial charge in [0.1, 0.15) is 0 Å². The number of rotatable bonds is 45. The third-order valence-corrected chi connectivity index (χ3v) is 11.4. The third-order valence-electron chi connectivity index (χ3n) is 11.4. The highest BCUT2D eigenvalue weighted by Gasteiger charge is 2.17. The van der Waals surface area contributed by atoms with Crippen molar-refractivity contribution < 1.29 is 15.0 Å². The molecule has 324 valence electrons. The van der Waals surface area contributed by atoms with Crippen LogP contribution >= 0.6 is 0 Å². The van der Waals surface area contributed by atoms with Gasteiger partial charge in [0, 0.05) is 6.42 Å². The van der Waals surface area contributed by atoms with E-state index in [4.69, 9.17) is 0 Å². The molecule has 0 rings (SSSR count). The molecule has 0 aromatic rings. The molecule has 0 fully saturated rings. The Bertz CT molecular complexity index is 836. The van der Waals surface area contributed by atoms with Crippen LogP contribution < -0.4 is 5.32 Å². The summed E-state index contributed by atoms with van der Waals surface area (Å²) in [5.41, 5.74) is 0. The number of allylic oxidation sites excluding steroid dienone is 5. The van der Waals surface area contributed by atoms with Crippen LogP contribution in [0, 0.1) is 0 Å². The molecule has 2 atom stereocenters. The lowest BCUT2D eigenvalue weighted by atomic mass is 10.0. The first kappa shape index (κ1) is 53.6. The second-order valence-electron chi connectivity index (χ2n) is 16.9. The van der Waals surface area contributed by atoms with E-state index in [1.54, 1.807) is 6.08 Å². The Hall–Kier alpha value is -1.39. The van der Waals surface area contributed by atoms with Gasteiger partial charge in [-0.2, -0.15) is 0 Å². The van der Waals surface area contributed by atoms with Crippen molar-refractivity contribution in [3.8, 4) is 0 Å². The maximum atomic E-state index is 12.4. The minimum absolute atomic E-state index is 0.0759. The van der Waals surface area contributed by atoms with Gasteiger partial charge in [0.15, 0.2) is 0 Å². The average molecular weight is 772 g/mol. The fourth-order valence-corrected chi connectivity index (χ4v) is 7.56. The quantitative estimate of drug-likeness (QED) is 0.0426. The lowest BCUT2D eigenvalue weighted by Gasteiger charge is -2.19. The molecular formula is C51H97NO3. The second-order valence-corrected chi connectivity index (χ2v) is 16.9. The van der Waals surface area contributed by atoms with Gasteiger partial charge in [-0.05, 0) is 44.9 Å². The van der Waals surface area contributed by atoms with Crippen LogP contribution in [0.1, 0.15) is 264 Å². The van der Waals surface area contributed by atoms with Crippen molar-refractivity contribution in [3.63, 3.8) is 0 Å². The number of unbranched alkanes of at least 4 members (excludes halogenated alkanes) is 34. The summed E-state index contributed by atoms with van der Waals surface area (Å²) in [4.78, 5) is 12.4. The summed E-state index contributed by atoms with van der Waals surface area (Å²) in [6.45, 7) is 4.31. The van der Waals surface area contributed by atoms with Crippen molar-refractivity contribution in [1.29, 1.82) is 0 Å². The molecule has 0 heterocycles. The van der Waals surface area contributed by atoms with Crippen molar-refractivity contribution in [2.75, 3.05) is 6.61 Å². The molecule has 0 aliphatic heterocycles. The second kappa shape index (κ2) is 47.0. The topological polar surface area (TPSA) is 69.6 Å². The molecular weight excluding hydrogens is 675 g/mol. The van der Waals surface area contributed by atoms with Crippen molar-refractivity contribution >= 4 is 5.91 Å². The fourth-order valence-electron chi connectivity index (χ4n) is 7.56. The van der Waals surface area contributed by atoms with Gasteiger partial charge >= 0.3 is 0 Å². The molecule has 0 saturated heterocycles. The summed E-state index contributed by atoms with van der Waals surface area (Å²) in [5.74, 6) is -0.0759. The van der Waals surface area contributed by atoms with Crippen molar-refractivity contribution in [3.05, 3.63) is 36.5 Å². The molecule has 55 heavy (non-hydrogen) atoms. The highest BCUT2D eigenvalue weighted by atomic mass is 16.3. The van der Waals surface area contributed by atoms with Crippen LogP contribution in [0.3, 0.4) is 0 Å². The number of aliphatic hydroxyl groups is 2. The highest BCUT2D eigenvalue weighted by Crippen LogP contribution is 2.16. The number of amides is 1. The van der Waals surface area contributed by atoms with Crippen molar-refractivity contribution in [2.45, 2.75) is 276 Å². The lowest BCUT2D eigenvalue weighted by Crippen LogP contribution is -2.45. The minimum atomic E-state index is -0.867. The molecule has 2 unspecified atom stereocenters. The Morgan fingerprint density at radius 2 is 0.709 bits per heavy atom. The average Bonchev–Trinajstić information content (AvgIpc) is 3.19. The lowest BCUT2D eigenvalue weighted by molar-refractivity contribution is -0.123. The molecule has 0 radical (unpaired) electrons. The summed E-state index contributed by atoms with van der Waals surface area (Å²) in [5, 5.41) is 23.0. The van der Waals surface area contributed by atoms with Crippen molar-refractivity contribution in [2.24, 2.45) is 0 Å². The molecule has 0 aliphatic carbocycles. The number of carbonyl (C=O) groups excluding carboxylic acids is 1. The normalized spacial score (nSPS) is 13.2. The zero-order valence-corrected chi connectivity index (χ0v) is 37.2. The van der Waals surface area contributed by atoms with E-state index in [1.807, 2.05) is 6.08 Å². The largest absolute Gasteiger partial charge is 0.394 e. The van der Waals surface area contributed by atoms with E-state index in [1.165, 1.54) is 205 Å². The van der Waals surface area contributed by atoms with Crippen LogP contribution in [0.2, 0.25) is 0 Å². The molecule has 0 bridgehead atoms. The first-order valence-corrected chi connectivity index (χ1v) is 24.7. The summed E-state index contributed by atoms with van der Waals surface area (Å²) >= 11 is 0. The van der Waals surface area contributed by atoms with Gasteiger partial charge in [-0.1, -0.05) is 249 Å². The van der Waals surface area contributed by atoms with Gasteiger partial charge in [-0.3, -0.25) is 4.79 Å². The van der Waals surface area contributed by atoms with Gasteiger partial charge < -0.3 is 15.5 Å². The van der Waals surface area contributed by atoms with Gasteiger partial charge in [0.25, 0.3) is 0 Å². The summed E-state index contributed by atoms with van der Waals surface area (Å²) in [6, 6.07) is -0.642. The van der Waals surface area contributed by atoms with Gasteiger partial charge in [-0.15, -0.1) is 0 Å². The zero-order valence-electron chi connectivity index (χ0n) is 37.2. The van der Waals surface area contributed by atoms with E-state index in [0.717, 1.165) is 38.5 Å². The first-order chi connectivity index (χ1) is 27.2. The van der Waals surface area contributed by atoms with Crippen LogP contribution in [0.25, 0.3) is 0 Å². The molecule has 1 amide bonds. The Morgan fingerprint density at radius 1 is 0.418 bits per heavy atom. The van der Waals surface area contributed by atoms with E-state index in [-0.39, 0.29) is 12.5 Å². The van der Waals surface area contributed by atoms with Crippen LogP contribution in [0.4, 0.5) is 0 Å². The Labute approximate surface area is 344 Å². The number of aliphatic hydroxyl groups excluding tert-OH is 2. The Morgan fingerprint density at radius 3 is 1.05 bits per heavy atom. The van der Waals surface area contributed by atoms with E-state index >= 15 is 0 Å². The van der Waals surface area contributed by atoms with E-state index in [9.17, 15) is 15.0 Å². The number of carbonyl (C=O) groups is 1. The zero-order chi connectivity index (χ0) is 40.0. The SMILES string of the molecule is CCCCCCCCCCCCCCCCCCCCC/C=C/CC/C=C/CC/C=C/C(O)C(CO)NC(=O)CCCCCCCCCCCCCCCC. The van der Waals surface area contributed by atoms with Gasteiger partial charge in [0.05, 0.1) is 18.8 Å². The standard InChI is InChI=1S/C51H97NO3/c1-3-5-7-9-11-13-15-17-19-20-21-22-23-24-25-26-27-28-29-30-31-32-33-34-36-38-40-42-44-46-50(54)49(48-53)52-51(55)47-45-43-41-39-37-35-18-16-14-12-10-8-6-4-2/h31-32,36,38,44,46,49-50,53-54H,3-30,33-35,37,39-43,45,47-48H2,1-2H3,(H,52,55)/b32-31+,38-36+,46-44+. The number of hydrogen-bond donors (Lipinski definition) is 3. The summed E-state index contributed by atoms with van der Waals surface area (Å²) in [6.07, 6.45) is 62.9. The highest BCUT2D eigenvalue weighted by molar-refractivity contribution is 5.76. The Balaban J connectivity index is 3.55. The Kier molecular flexibility index (Phi) is 45.8. The predicted octanol–water partition coefficient (Wildman–Crippen LogP) is 15.7. The smallest absolute Gasteiger partial charge is 0.220 e. The van der Waals surface area contributed by atoms with Crippen LogP contribution in [-0.2, 0) is 4.79 Å². The van der Waals surface area contributed by atoms with Gasteiger partial charge in [0.2, 0.25) is 5.91 Å². The number of hydrogen-bond acceptors (Lipinski definition) is 3. The van der Waals surface area contributed by atoms with E-state index in [0.29, 0.717) is 6.42 Å². The molecule has 0 spiro atoms. The van der Waals surface area contributed by atoms with Crippen LogP contribution in [-0.4, -0.2) is 34.9 Å². The third kappa shape index (κ3) is 43.6. The van der Waals surface area contributed by atoms with E-state index < -0.39 is 12.1 Å². The number of nitrogens with one attached hydrogen (secondary N) is 1. The predicted molar refractivity (Wildman–Crippen MR) is 244 cm³/mol. The first-order valence-electron chi connectivity index (χ1n) is 24.7. The molecule has 3 N–H and O–H groups in total. The maximum Gasteiger partial charge on any atom is 0.220 e. The molecule has 4 heteroatoms. The fraction of sp³-hybridized carbons (Fsp3) is 0.863. The minimum Gasteiger partial charge on any atom is -0.394 e. The maximum absolute atomic E-state index is 12.4. The van der Waals surface area contributed by atoms with Gasteiger partial charge in [-0.25, -0.2) is 0 Å². The molecule has 0 saturated carbocycles. The van der Waals surface area contributed by atoms with E-state index in [2.05, 4.69) is 43.5 Å². The molecule has 0 aliphatic rings. The van der Waals surface area contributed by atoms with Crippen LogP contribution in [0.5, 0.6) is 0 Å². The molecule has 0 aromatic carbocycles. The monoisotopic (exact) mass is 772 g/mol. The molecule has 4 nitrogen and oxygen atoms in total. The molecule has 0 aromatic heterocycles. The van der Waals surface area contributed by atoms with Crippen LogP contribution in [0.15, 0.2) is 36.5 Å². The van der Waals surface area contributed by atoms with Crippen molar-refractivity contribution in [1.82, 2.24) is 5.32 Å².